The van der Waals surface area contributed by atoms with E-state index in [1.807, 2.05) is 0 Å². The summed E-state index contributed by atoms with van der Waals surface area (Å²) in [6.07, 6.45) is 1.27. The van der Waals surface area contributed by atoms with E-state index in [1.54, 1.807) is 23.1 Å². The van der Waals surface area contributed by atoms with Crippen molar-refractivity contribution >= 4 is 23.5 Å². The molecule has 2 heterocycles. The SMILES string of the molecule is O=C(O)[C@@H]1CCCN(C(=O)C2Cc3cc(Cl)ccc3O2)C1. The highest BCUT2D eigenvalue weighted by molar-refractivity contribution is 6.30. The Labute approximate surface area is 127 Å². The number of nitrogens with zero attached hydrogens (tertiary/aromatic N) is 1. The molecule has 2 aliphatic heterocycles. The highest BCUT2D eigenvalue weighted by Crippen LogP contribution is 2.32. The van der Waals surface area contributed by atoms with Crippen LogP contribution in [-0.4, -0.2) is 41.1 Å². The summed E-state index contributed by atoms with van der Waals surface area (Å²) in [6, 6.07) is 5.30. The molecule has 6 heteroatoms. The Balaban J connectivity index is 1.68. The van der Waals surface area contributed by atoms with Crippen LogP contribution in [-0.2, 0) is 16.0 Å². The molecular weight excluding hydrogens is 294 g/mol. The fourth-order valence-corrected chi connectivity index (χ4v) is 3.13. The molecule has 21 heavy (non-hydrogen) atoms. The van der Waals surface area contributed by atoms with E-state index in [-0.39, 0.29) is 12.5 Å². The van der Waals surface area contributed by atoms with Gasteiger partial charge in [-0.05, 0) is 36.6 Å². The van der Waals surface area contributed by atoms with Gasteiger partial charge in [-0.2, -0.15) is 0 Å². The first-order chi connectivity index (χ1) is 10.0. The Morgan fingerprint density at radius 2 is 2.19 bits per heavy atom. The van der Waals surface area contributed by atoms with Gasteiger partial charge in [-0.15, -0.1) is 0 Å². The Morgan fingerprint density at radius 1 is 1.38 bits per heavy atom. The Kier molecular flexibility index (Phi) is 3.76. The number of benzene rings is 1. The number of likely N-dealkylation sites (tertiary alicyclic amines) is 1. The molecule has 1 amide bonds. The Bertz CT molecular complexity index is 589. The smallest absolute Gasteiger partial charge is 0.308 e. The molecule has 1 N–H and O–H groups in total. The minimum atomic E-state index is -0.838. The van der Waals surface area contributed by atoms with Gasteiger partial charge in [0.15, 0.2) is 6.10 Å². The van der Waals surface area contributed by atoms with Gasteiger partial charge < -0.3 is 14.7 Å². The second-order valence-corrected chi connectivity index (χ2v) is 5.96. The third-order valence-electron chi connectivity index (χ3n) is 4.05. The fraction of sp³-hybridized carbons (Fsp3) is 0.467. The molecule has 1 unspecified atom stereocenters. The molecule has 0 bridgehead atoms. The number of carbonyl (C=O) groups excluding carboxylic acids is 1. The van der Waals surface area contributed by atoms with Gasteiger partial charge in [0, 0.05) is 24.5 Å². The number of rotatable bonds is 2. The van der Waals surface area contributed by atoms with Crippen molar-refractivity contribution < 1.29 is 19.4 Å². The number of hydrogen-bond donors (Lipinski definition) is 1. The summed E-state index contributed by atoms with van der Waals surface area (Å²) in [5, 5.41) is 9.71. The first-order valence-corrected chi connectivity index (χ1v) is 7.39. The number of halogens is 1. The number of piperidine rings is 1. The van der Waals surface area contributed by atoms with Crippen molar-refractivity contribution in [3.8, 4) is 5.75 Å². The zero-order chi connectivity index (χ0) is 15.0. The number of carboxylic acid groups (broad SMARTS) is 1. The maximum atomic E-state index is 12.5. The predicted molar refractivity (Wildman–Crippen MR) is 76.5 cm³/mol. The fourth-order valence-electron chi connectivity index (χ4n) is 2.94. The molecule has 0 spiro atoms. The molecule has 1 aromatic rings. The maximum absolute atomic E-state index is 12.5. The lowest BCUT2D eigenvalue weighted by Gasteiger charge is -2.32. The molecule has 0 aromatic heterocycles. The van der Waals surface area contributed by atoms with Gasteiger partial charge in [0.05, 0.1) is 5.92 Å². The van der Waals surface area contributed by atoms with Crippen LogP contribution in [0.1, 0.15) is 18.4 Å². The summed E-state index contributed by atoms with van der Waals surface area (Å²) in [6.45, 7) is 0.866. The van der Waals surface area contributed by atoms with Crippen molar-refractivity contribution in [1.82, 2.24) is 4.90 Å². The topological polar surface area (TPSA) is 66.8 Å². The number of hydrogen-bond acceptors (Lipinski definition) is 3. The van der Waals surface area contributed by atoms with Gasteiger partial charge in [0.2, 0.25) is 0 Å². The summed E-state index contributed by atoms with van der Waals surface area (Å²) >= 11 is 5.94. The third kappa shape index (κ3) is 2.83. The molecule has 2 aliphatic rings. The van der Waals surface area contributed by atoms with E-state index in [4.69, 9.17) is 21.4 Å². The number of amides is 1. The average Bonchev–Trinajstić information content (AvgIpc) is 2.89. The third-order valence-corrected chi connectivity index (χ3v) is 4.29. The van der Waals surface area contributed by atoms with Gasteiger partial charge in [0.25, 0.3) is 5.91 Å². The van der Waals surface area contributed by atoms with Crippen molar-refractivity contribution in [2.75, 3.05) is 13.1 Å². The minimum absolute atomic E-state index is 0.131. The molecule has 1 saturated heterocycles. The van der Waals surface area contributed by atoms with E-state index in [9.17, 15) is 9.59 Å². The molecule has 1 aromatic carbocycles. The van der Waals surface area contributed by atoms with Gasteiger partial charge in [-0.1, -0.05) is 11.6 Å². The zero-order valence-electron chi connectivity index (χ0n) is 11.4. The van der Waals surface area contributed by atoms with Crippen molar-refractivity contribution in [3.05, 3.63) is 28.8 Å². The first-order valence-electron chi connectivity index (χ1n) is 7.01. The van der Waals surface area contributed by atoms with E-state index in [0.717, 1.165) is 5.56 Å². The number of fused-ring (bicyclic) bond motifs is 1. The zero-order valence-corrected chi connectivity index (χ0v) is 12.2. The second-order valence-electron chi connectivity index (χ2n) is 5.52. The highest BCUT2D eigenvalue weighted by atomic mass is 35.5. The summed E-state index contributed by atoms with van der Waals surface area (Å²) in [5.74, 6) is -0.756. The van der Waals surface area contributed by atoms with Crippen LogP contribution in [0.4, 0.5) is 0 Å². The number of carboxylic acids is 1. The van der Waals surface area contributed by atoms with Gasteiger partial charge in [0.1, 0.15) is 5.75 Å². The number of aliphatic carboxylic acids is 1. The van der Waals surface area contributed by atoms with Crippen LogP contribution in [0.2, 0.25) is 5.02 Å². The largest absolute Gasteiger partial charge is 0.481 e. The Hall–Kier alpha value is -1.75. The average molecular weight is 310 g/mol. The van der Waals surface area contributed by atoms with Crippen molar-refractivity contribution in [3.63, 3.8) is 0 Å². The summed E-state index contributed by atoms with van der Waals surface area (Å²) < 4.78 is 5.68. The van der Waals surface area contributed by atoms with Gasteiger partial charge in [-0.3, -0.25) is 9.59 Å². The molecule has 2 atom stereocenters. The second kappa shape index (κ2) is 5.56. The molecule has 5 nitrogen and oxygen atoms in total. The van der Waals surface area contributed by atoms with Gasteiger partial charge in [-0.25, -0.2) is 0 Å². The van der Waals surface area contributed by atoms with E-state index in [2.05, 4.69) is 0 Å². The van der Waals surface area contributed by atoms with E-state index >= 15 is 0 Å². The Morgan fingerprint density at radius 3 is 2.95 bits per heavy atom. The normalized spacial score (nSPS) is 24.3. The molecular formula is C15H16ClNO4. The molecule has 3 rings (SSSR count). The first kappa shape index (κ1) is 14.2. The maximum Gasteiger partial charge on any atom is 0.308 e. The van der Waals surface area contributed by atoms with Crippen LogP contribution < -0.4 is 4.74 Å². The van der Waals surface area contributed by atoms with Crippen LogP contribution in [0.25, 0.3) is 0 Å². The number of carbonyl (C=O) groups is 2. The monoisotopic (exact) mass is 309 g/mol. The highest BCUT2D eigenvalue weighted by Gasteiger charge is 2.35. The van der Waals surface area contributed by atoms with Crippen molar-refractivity contribution in [2.45, 2.75) is 25.4 Å². The van der Waals surface area contributed by atoms with Crippen LogP contribution in [0, 0.1) is 5.92 Å². The predicted octanol–water partition coefficient (Wildman–Crippen LogP) is 1.97. The lowest BCUT2D eigenvalue weighted by Crippen LogP contribution is -2.47. The van der Waals surface area contributed by atoms with Crippen LogP contribution in [0.3, 0.4) is 0 Å². The van der Waals surface area contributed by atoms with Crippen molar-refractivity contribution in [2.24, 2.45) is 5.92 Å². The van der Waals surface area contributed by atoms with E-state index in [1.165, 1.54) is 0 Å². The van der Waals surface area contributed by atoms with Gasteiger partial charge >= 0.3 is 5.97 Å². The van der Waals surface area contributed by atoms with E-state index in [0.29, 0.717) is 36.6 Å². The number of ether oxygens (including phenoxy) is 1. The summed E-state index contributed by atoms with van der Waals surface area (Å²) in [7, 11) is 0. The van der Waals surface area contributed by atoms with E-state index < -0.39 is 18.0 Å². The quantitative estimate of drug-likeness (QED) is 0.907. The summed E-state index contributed by atoms with van der Waals surface area (Å²) in [4.78, 5) is 25.2. The molecule has 112 valence electrons. The summed E-state index contributed by atoms with van der Waals surface area (Å²) in [5.41, 5.74) is 0.924. The molecule has 0 radical (unpaired) electrons. The molecule has 0 saturated carbocycles. The molecule has 0 aliphatic carbocycles. The molecule has 1 fully saturated rings. The lowest BCUT2D eigenvalue weighted by molar-refractivity contribution is -0.147. The van der Waals surface area contributed by atoms with Crippen LogP contribution in [0.15, 0.2) is 18.2 Å². The standard InChI is InChI=1S/C15H16ClNO4/c16-11-3-4-12-10(6-11)7-13(21-12)14(18)17-5-1-2-9(8-17)15(19)20/h3-4,6,9,13H,1-2,5,7-8H2,(H,19,20)/t9-,13?/m1/s1. The lowest BCUT2D eigenvalue weighted by atomic mass is 9.97. The van der Waals surface area contributed by atoms with Crippen LogP contribution in [0.5, 0.6) is 5.75 Å². The minimum Gasteiger partial charge on any atom is -0.481 e. The van der Waals surface area contributed by atoms with Crippen molar-refractivity contribution in [1.29, 1.82) is 0 Å². The van der Waals surface area contributed by atoms with Crippen LogP contribution >= 0.6 is 11.6 Å².